The van der Waals surface area contributed by atoms with Crippen LogP contribution in [-0.4, -0.2) is 15.6 Å². The Morgan fingerprint density at radius 3 is 2.78 bits per heavy atom. The van der Waals surface area contributed by atoms with Gasteiger partial charge in [-0.1, -0.05) is 18.2 Å². The van der Waals surface area contributed by atoms with Crippen molar-refractivity contribution in [3.63, 3.8) is 0 Å². The van der Waals surface area contributed by atoms with Gasteiger partial charge in [0.15, 0.2) is 5.82 Å². The summed E-state index contributed by atoms with van der Waals surface area (Å²) < 4.78 is 1.54. The molecule has 5 N–H and O–H groups in total. The van der Waals surface area contributed by atoms with E-state index in [0.29, 0.717) is 17.2 Å². The smallest absolute Gasteiger partial charge is 0.293 e. The summed E-state index contributed by atoms with van der Waals surface area (Å²) in [6.45, 7) is 1.95. The van der Waals surface area contributed by atoms with E-state index in [1.807, 2.05) is 31.2 Å². The van der Waals surface area contributed by atoms with Crippen LogP contribution in [0.25, 0.3) is 11.3 Å². The number of rotatable bonds is 3. The minimum atomic E-state index is -0.183. The summed E-state index contributed by atoms with van der Waals surface area (Å²) in [7, 11) is 1.72. The molecule has 0 saturated carbocycles. The van der Waals surface area contributed by atoms with Crippen molar-refractivity contribution in [2.45, 2.75) is 25.8 Å². The second kappa shape index (κ2) is 6.55. The Morgan fingerprint density at radius 2 is 1.96 bits per heavy atom. The summed E-state index contributed by atoms with van der Waals surface area (Å²) in [5.41, 5.74) is 18.5. The van der Waals surface area contributed by atoms with Gasteiger partial charge in [0.05, 0.1) is 5.69 Å². The Balaban J connectivity index is 1.74. The normalized spacial score (nSPS) is 15.6. The quantitative estimate of drug-likeness (QED) is 0.623. The fourth-order valence-electron chi connectivity index (χ4n) is 3.62. The molecule has 1 aromatic heterocycles. The van der Waals surface area contributed by atoms with E-state index in [1.165, 1.54) is 15.7 Å². The van der Waals surface area contributed by atoms with E-state index in [2.05, 4.69) is 22.4 Å². The molecule has 27 heavy (non-hydrogen) atoms. The summed E-state index contributed by atoms with van der Waals surface area (Å²) in [5.74, 6) is 0.291. The van der Waals surface area contributed by atoms with E-state index in [0.717, 1.165) is 29.7 Å². The molecule has 3 aromatic rings. The highest BCUT2D eigenvalue weighted by atomic mass is 16.1. The van der Waals surface area contributed by atoms with E-state index in [4.69, 9.17) is 11.5 Å². The molecule has 1 unspecified atom stereocenters. The third kappa shape index (κ3) is 3.19. The monoisotopic (exact) mass is 361 g/mol. The lowest BCUT2D eigenvalue weighted by molar-refractivity contribution is 0.721. The number of hydrogen-bond donors (Lipinski definition) is 3. The molecular weight excluding hydrogens is 338 g/mol. The van der Waals surface area contributed by atoms with Gasteiger partial charge in [-0.2, -0.15) is 0 Å². The van der Waals surface area contributed by atoms with E-state index in [9.17, 15) is 4.79 Å². The maximum Gasteiger partial charge on any atom is 0.293 e. The third-order valence-corrected chi connectivity index (χ3v) is 5.16. The molecule has 2 aromatic carbocycles. The second-order valence-corrected chi connectivity index (χ2v) is 7.19. The van der Waals surface area contributed by atoms with Crippen molar-refractivity contribution < 1.29 is 0 Å². The predicted molar refractivity (Wildman–Crippen MR) is 109 cm³/mol. The highest BCUT2D eigenvalue weighted by Crippen LogP contribution is 2.28. The summed E-state index contributed by atoms with van der Waals surface area (Å²) in [6.07, 6.45) is 3.50. The van der Waals surface area contributed by atoms with E-state index in [-0.39, 0.29) is 11.6 Å². The van der Waals surface area contributed by atoms with Crippen molar-refractivity contribution in [3.05, 3.63) is 69.6 Å². The predicted octanol–water partition coefficient (Wildman–Crippen LogP) is 2.51. The van der Waals surface area contributed by atoms with Crippen molar-refractivity contribution in [3.8, 4) is 11.3 Å². The van der Waals surface area contributed by atoms with Crippen LogP contribution in [0, 0.1) is 6.92 Å². The van der Waals surface area contributed by atoms with Crippen LogP contribution in [0.1, 0.15) is 16.7 Å². The maximum atomic E-state index is 12.6. The number of fused-ring (bicyclic) bond motifs is 1. The molecule has 138 valence electrons. The van der Waals surface area contributed by atoms with Crippen LogP contribution in [0.15, 0.2) is 47.4 Å². The fourth-order valence-corrected chi connectivity index (χ4v) is 3.62. The summed E-state index contributed by atoms with van der Waals surface area (Å²) >= 11 is 0. The molecule has 6 heteroatoms. The molecule has 0 aliphatic heterocycles. The van der Waals surface area contributed by atoms with Gasteiger partial charge in [-0.25, -0.2) is 4.98 Å². The summed E-state index contributed by atoms with van der Waals surface area (Å²) in [5, 5.41) is 3.19. The van der Waals surface area contributed by atoms with Crippen LogP contribution in [0.4, 0.5) is 17.2 Å². The Hall–Kier alpha value is -3.12. The van der Waals surface area contributed by atoms with Gasteiger partial charge in [0.1, 0.15) is 0 Å². The van der Waals surface area contributed by atoms with Crippen molar-refractivity contribution in [2.24, 2.45) is 12.8 Å². The van der Waals surface area contributed by atoms with Crippen LogP contribution in [0.3, 0.4) is 0 Å². The largest absolute Gasteiger partial charge is 0.398 e. The van der Waals surface area contributed by atoms with Gasteiger partial charge in [-0.05, 0) is 54.7 Å². The minimum absolute atomic E-state index is 0.177. The molecule has 0 bridgehead atoms. The highest BCUT2D eigenvalue weighted by Gasteiger charge is 2.18. The lowest BCUT2D eigenvalue weighted by Gasteiger charge is -2.13. The van der Waals surface area contributed by atoms with Crippen LogP contribution in [-0.2, 0) is 19.9 Å². The zero-order valence-electron chi connectivity index (χ0n) is 15.5. The number of aromatic nitrogens is 2. The fraction of sp³-hybridized carbons (Fsp3) is 0.238. The molecule has 1 atom stereocenters. The lowest BCUT2D eigenvalue weighted by atomic mass is 10.0. The average molecular weight is 361 g/mol. The molecular formula is C21H23N5O. The van der Waals surface area contributed by atoms with Gasteiger partial charge in [0.2, 0.25) is 0 Å². The number of nitrogen functional groups attached to an aromatic ring is 1. The number of nitrogens with one attached hydrogen (secondary N) is 1. The highest BCUT2D eigenvalue weighted by molar-refractivity contribution is 5.71. The van der Waals surface area contributed by atoms with E-state index < -0.39 is 0 Å². The molecule has 4 rings (SSSR count). The summed E-state index contributed by atoms with van der Waals surface area (Å²) in [4.78, 5) is 17.2. The maximum absolute atomic E-state index is 12.6. The molecule has 1 aliphatic carbocycles. The first kappa shape index (κ1) is 17.3. The number of nitrogens with two attached hydrogens (primary N) is 2. The van der Waals surface area contributed by atoms with Crippen molar-refractivity contribution in [1.29, 1.82) is 0 Å². The van der Waals surface area contributed by atoms with Gasteiger partial charge in [-0.15, -0.1) is 0 Å². The van der Waals surface area contributed by atoms with Crippen LogP contribution >= 0.6 is 0 Å². The summed E-state index contributed by atoms with van der Waals surface area (Å²) in [6, 6.07) is 12.0. The number of aryl methyl sites for hydroxylation is 1. The Bertz CT molecular complexity index is 1090. The molecule has 0 fully saturated rings. The SMILES string of the molecule is Cc1c(N)cccc1-c1cn(C)c(=O)c(Nc2ccc3c(c2)CC(N)C3)n1. The number of nitrogens with zero attached hydrogens (tertiary/aromatic N) is 2. The second-order valence-electron chi connectivity index (χ2n) is 7.19. The average Bonchev–Trinajstić information content (AvgIpc) is 3.00. The van der Waals surface area contributed by atoms with E-state index >= 15 is 0 Å². The van der Waals surface area contributed by atoms with Crippen LogP contribution < -0.4 is 22.3 Å². The Labute approximate surface area is 157 Å². The minimum Gasteiger partial charge on any atom is -0.398 e. The zero-order chi connectivity index (χ0) is 19.1. The Morgan fingerprint density at radius 1 is 1.19 bits per heavy atom. The standard InChI is InChI=1S/C21H23N5O/c1-12-17(4-3-5-18(12)23)19-11-26(2)21(27)20(25-19)24-16-7-6-13-8-15(22)9-14(13)10-16/h3-7,10-11,15H,8-9,22-23H2,1-2H3,(H,24,25). The zero-order valence-corrected chi connectivity index (χ0v) is 15.5. The first-order chi connectivity index (χ1) is 12.9. The molecule has 0 saturated heterocycles. The van der Waals surface area contributed by atoms with Gasteiger partial charge in [0, 0.05) is 36.2 Å². The van der Waals surface area contributed by atoms with Gasteiger partial charge in [-0.3, -0.25) is 4.79 Å². The topological polar surface area (TPSA) is 99.0 Å². The molecule has 6 nitrogen and oxygen atoms in total. The first-order valence-electron chi connectivity index (χ1n) is 9.00. The van der Waals surface area contributed by atoms with Crippen molar-refractivity contribution in [1.82, 2.24) is 9.55 Å². The molecule has 1 heterocycles. The number of anilines is 3. The first-order valence-corrected chi connectivity index (χ1v) is 9.00. The molecule has 0 radical (unpaired) electrons. The van der Waals surface area contributed by atoms with Gasteiger partial charge >= 0.3 is 0 Å². The van der Waals surface area contributed by atoms with Gasteiger partial charge < -0.3 is 21.4 Å². The lowest BCUT2D eigenvalue weighted by Crippen LogP contribution is -2.21. The van der Waals surface area contributed by atoms with Gasteiger partial charge in [0.25, 0.3) is 5.56 Å². The molecule has 0 amide bonds. The third-order valence-electron chi connectivity index (χ3n) is 5.16. The number of benzene rings is 2. The number of hydrogen-bond acceptors (Lipinski definition) is 5. The van der Waals surface area contributed by atoms with E-state index in [1.54, 1.807) is 13.2 Å². The van der Waals surface area contributed by atoms with Crippen molar-refractivity contribution >= 4 is 17.2 Å². The van der Waals surface area contributed by atoms with Crippen LogP contribution in [0.5, 0.6) is 0 Å². The van der Waals surface area contributed by atoms with Crippen molar-refractivity contribution in [2.75, 3.05) is 11.1 Å². The van der Waals surface area contributed by atoms with Crippen LogP contribution in [0.2, 0.25) is 0 Å². The molecule has 0 spiro atoms. The molecule has 1 aliphatic rings. The Kier molecular flexibility index (Phi) is 4.20.